The number of pyridine rings is 1. The Kier molecular flexibility index (Phi) is 4.89. The molecule has 25 heavy (non-hydrogen) atoms. The van der Waals surface area contributed by atoms with Crippen molar-refractivity contribution in [2.45, 2.75) is 44.4 Å². The molecule has 1 aliphatic rings. The number of hydrogen-bond acceptors (Lipinski definition) is 3. The number of carbonyl (C=O) groups excluding carboxylic acids is 1. The smallest absolute Gasteiger partial charge is 0.195 e. The summed E-state index contributed by atoms with van der Waals surface area (Å²) in [6, 6.07) is 5.51. The van der Waals surface area contributed by atoms with Crippen LogP contribution in [0, 0.1) is 12.7 Å². The number of hydrogen-bond donors (Lipinski definition) is 1. The summed E-state index contributed by atoms with van der Waals surface area (Å²) in [7, 11) is 0. The number of nitrogens with zero attached hydrogens (tertiary/aromatic N) is 1. The minimum Gasteiger partial charge on any atom is -0.387 e. The number of aromatic nitrogens is 1. The summed E-state index contributed by atoms with van der Waals surface area (Å²) in [5, 5.41) is 10.3. The maximum Gasteiger partial charge on any atom is 0.195 e. The van der Waals surface area contributed by atoms with Crippen molar-refractivity contribution < 1.29 is 18.7 Å². The van der Waals surface area contributed by atoms with Gasteiger partial charge in [0.15, 0.2) is 11.5 Å². The second kappa shape index (κ2) is 6.81. The molecule has 2 atom stereocenters. The number of aliphatic hydroxyl groups is 1. The fourth-order valence-corrected chi connectivity index (χ4v) is 3.49. The number of Topliss-reactive ketones (excluding diaryl/α,β-unsaturated/α-hetero) is 1. The van der Waals surface area contributed by atoms with Gasteiger partial charge < -0.3 is 5.11 Å². The van der Waals surface area contributed by atoms with Crippen molar-refractivity contribution in [3.05, 3.63) is 63.7 Å². The Morgan fingerprint density at radius 1 is 1.44 bits per heavy atom. The summed E-state index contributed by atoms with van der Waals surface area (Å²) < 4.78 is 28.7. The molecular formula is C19H18ClF2NO2. The van der Waals surface area contributed by atoms with Crippen LogP contribution in [0.25, 0.3) is 0 Å². The van der Waals surface area contributed by atoms with Gasteiger partial charge in [-0.3, -0.25) is 9.78 Å². The van der Waals surface area contributed by atoms with Gasteiger partial charge in [0, 0.05) is 23.2 Å². The molecular weight excluding hydrogens is 348 g/mol. The van der Waals surface area contributed by atoms with E-state index in [0.717, 1.165) is 5.56 Å². The first-order chi connectivity index (χ1) is 11.8. The molecule has 6 heteroatoms. The zero-order valence-electron chi connectivity index (χ0n) is 13.7. The second-order valence-corrected chi connectivity index (χ2v) is 6.87. The molecule has 0 saturated heterocycles. The first kappa shape index (κ1) is 18.0. The highest BCUT2D eigenvalue weighted by Gasteiger charge is 2.46. The number of aryl methyl sites for hydroxylation is 2. The van der Waals surface area contributed by atoms with E-state index in [9.17, 15) is 14.3 Å². The number of halogens is 3. The van der Waals surface area contributed by atoms with E-state index in [4.69, 9.17) is 11.6 Å². The molecule has 1 N–H and O–H groups in total. The topological polar surface area (TPSA) is 50.2 Å². The number of carbonyl (C=O) groups is 1. The molecule has 0 amide bonds. The van der Waals surface area contributed by atoms with Crippen LogP contribution in [-0.2, 0) is 16.9 Å². The molecule has 1 aliphatic carbocycles. The summed E-state index contributed by atoms with van der Waals surface area (Å²) in [5.74, 6) is -1.03. The van der Waals surface area contributed by atoms with Crippen LogP contribution in [0.2, 0.25) is 5.02 Å². The quantitative estimate of drug-likeness (QED) is 0.874. The molecule has 3 rings (SSSR count). The number of fused-ring (bicyclic) bond motifs is 1. The monoisotopic (exact) mass is 365 g/mol. The van der Waals surface area contributed by atoms with Gasteiger partial charge in [0.25, 0.3) is 0 Å². The van der Waals surface area contributed by atoms with Gasteiger partial charge in [0.1, 0.15) is 5.82 Å². The zero-order valence-corrected chi connectivity index (χ0v) is 14.5. The van der Waals surface area contributed by atoms with E-state index < -0.39 is 23.4 Å². The van der Waals surface area contributed by atoms with Crippen LogP contribution in [0.15, 0.2) is 30.5 Å². The van der Waals surface area contributed by atoms with Crippen LogP contribution in [0.1, 0.15) is 47.8 Å². The minimum absolute atomic E-state index is 0.0642. The Bertz CT molecular complexity index is 827. The molecule has 1 aromatic carbocycles. The lowest BCUT2D eigenvalue weighted by molar-refractivity contribution is -0.133. The van der Waals surface area contributed by atoms with Crippen molar-refractivity contribution in [1.82, 2.24) is 4.98 Å². The average molecular weight is 366 g/mol. The van der Waals surface area contributed by atoms with E-state index in [-0.39, 0.29) is 42.0 Å². The zero-order chi connectivity index (χ0) is 18.2. The summed E-state index contributed by atoms with van der Waals surface area (Å²) in [5.41, 5.74) is -0.461. The molecule has 3 nitrogen and oxygen atoms in total. The van der Waals surface area contributed by atoms with Gasteiger partial charge in [0.2, 0.25) is 0 Å². The van der Waals surface area contributed by atoms with Crippen LogP contribution >= 0.6 is 11.6 Å². The van der Waals surface area contributed by atoms with Crippen LogP contribution in [0.3, 0.4) is 0 Å². The summed E-state index contributed by atoms with van der Waals surface area (Å²) in [4.78, 5) is 16.8. The molecule has 0 saturated carbocycles. The van der Waals surface area contributed by atoms with Gasteiger partial charge in [-0.1, -0.05) is 17.7 Å². The van der Waals surface area contributed by atoms with Gasteiger partial charge in [-0.05, 0) is 55.5 Å². The van der Waals surface area contributed by atoms with Gasteiger partial charge in [0.05, 0.1) is 11.8 Å². The van der Waals surface area contributed by atoms with Crippen molar-refractivity contribution in [3.63, 3.8) is 0 Å². The minimum atomic E-state index is -2.17. The predicted octanol–water partition coefficient (Wildman–Crippen LogP) is 4.38. The highest BCUT2D eigenvalue weighted by molar-refractivity contribution is 6.31. The highest BCUT2D eigenvalue weighted by Crippen LogP contribution is 2.44. The van der Waals surface area contributed by atoms with Crippen LogP contribution in [0.4, 0.5) is 8.78 Å². The lowest BCUT2D eigenvalue weighted by atomic mass is 9.77. The fraction of sp³-hybridized carbons (Fsp3) is 0.368. The largest absolute Gasteiger partial charge is 0.387 e. The number of rotatable bonds is 4. The Morgan fingerprint density at radius 3 is 2.92 bits per heavy atom. The molecule has 0 bridgehead atoms. The Hall–Kier alpha value is -1.85. The normalized spacial score (nSPS) is 22.5. The van der Waals surface area contributed by atoms with Gasteiger partial charge in [-0.2, -0.15) is 0 Å². The standard InChI is InChI=1S/C19H18ClF2NO2/c1-11-8-14-18(23-10-11)16(24)6-7-19(14,22)17(25)5-3-12-2-4-13(21)9-15(12)20/h2,4,8-10,16,24H,3,5-7H2,1H3/t16-,19-/m0/s1. The molecule has 0 unspecified atom stereocenters. The lowest BCUT2D eigenvalue weighted by Gasteiger charge is -2.33. The van der Waals surface area contributed by atoms with Crippen LogP contribution < -0.4 is 0 Å². The number of ketones is 1. The number of benzene rings is 1. The van der Waals surface area contributed by atoms with Crippen molar-refractivity contribution in [1.29, 1.82) is 0 Å². The predicted molar refractivity (Wildman–Crippen MR) is 90.7 cm³/mol. The molecule has 2 aromatic rings. The van der Waals surface area contributed by atoms with Crippen LogP contribution in [-0.4, -0.2) is 15.9 Å². The first-order valence-electron chi connectivity index (χ1n) is 8.12. The molecule has 0 aliphatic heterocycles. The van der Waals surface area contributed by atoms with Crippen molar-refractivity contribution in [3.8, 4) is 0 Å². The van der Waals surface area contributed by atoms with E-state index >= 15 is 4.39 Å². The SMILES string of the molecule is Cc1cnc2c(c1)[C@](F)(C(=O)CCc1ccc(F)cc1Cl)CC[C@@H]2O. The molecule has 0 spiro atoms. The van der Waals surface area contributed by atoms with Crippen molar-refractivity contribution in [2.75, 3.05) is 0 Å². The van der Waals surface area contributed by atoms with Crippen LogP contribution in [0.5, 0.6) is 0 Å². The Morgan fingerprint density at radius 2 is 2.20 bits per heavy atom. The number of alkyl halides is 1. The Balaban J connectivity index is 1.84. The summed E-state index contributed by atoms with van der Waals surface area (Å²) in [6.07, 6.45) is 0.909. The molecule has 0 radical (unpaired) electrons. The third kappa shape index (κ3) is 3.44. The van der Waals surface area contributed by atoms with E-state index in [1.165, 1.54) is 18.2 Å². The average Bonchev–Trinajstić information content (AvgIpc) is 2.57. The van der Waals surface area contributed by atoms with Gasteiger partial charge >= 0.3 is 0 Å². The molecule has 1 aromatic heterocycles. The van der Waals surface area contributed by atoms with Crippen molar-refractivity contribution in [2.24, 2.45) is 0 Å². The second-order valence-electron chi connectivity index (χ2n) is 6.46. The van der Waals surface area contributed by atoms with Crippen molar-refractivity contribution >= 4 is 17.4 Å². The number of aliphatic hydroxyl groups excluding tert-OH is 1. The maximum atomic E-state index is 15.6. The third-order valence-electron chi connectivity index (χ3n) is 4.64. The highest BCUT2D eigenvalue weighted by atomic mass is 35.5. The summed E-state index contributed by atoms with van der Waals surface area (Å²) >= 11 is 5.97. The van der Waals surface area contributed by atoms with Gasteiger partial charge in [-0.25, -0.2) is 8.78 Å². The Labute approximate surface area is 149 Å². The van der Waals surface area contributed by atoms with E-state index in [1.54, 1.807) is 19.2 Å². The molecule has 0 fully saturated rings. The lowest BCUT2D eigenvalue weighted by Crippen LogP contribution is -2.37. The van der Waals surface area contributed by atoms with E-state index in [1.807, 2.05) is 0 Å². The molecule has 132 valence electrons. The first-order valence-corrected chi connectivity index (χ1v) is 8.50. The van der Waals surface area contributed by atoms with E-state index in [0.29, 0.717) is 5.56 Å². The fourth-order valence-electron chi connectivity index (χ4n) is 3.23. The molecule has 1 heterocycles. The maximum absolute atomic E-state index is 15.6. The third-order valence-corrected chi connectivity index (χ3v) is 4.99. The summed E-state index contributed by atoms with van der Waals surface area (Å²) in [6.45, 7) is 1.76. The van der Waals surface area contributed by atoms with E-state index in [2.05, 4.69) is 4.98 Å². The van der Waals surface area contributed by atoms with Gasteiger partial charge in [-0.15, -0.1) is 0 Å².